The van der Waals surface area contributed by atoms with Crippen LogP contribution < -0.4 is 5.73 Å². The van der Waals surface area contributed by atoms with Gasteiger partial charge in [0, 0.05) is 12.1 Å². The number of nitrogens with zero attached hydrogens (tertiary/aromatic N) is 3. The van der Waals surface area contributed by atoms with E-state index < -0.39 is 0 Å². The van der Waals surface area contributed by atoms with Crippen LogP contribution in [0.5, 0.6) is 0 Å². The zero-order valence-corrected chi connectivity index (χ0v) is 9.97. The van der Waals surface area contributed by atoms with E-state index in [4.69, 9.17) is 18.0 Å². The maximum absolute atomic E-state index is 5.76. The first-order chi connectivity index (χ1) is 7.05. The number of nitrogens with one attached hydrogen (secondary N) is 1. The second kappa shape index (κ2) is 3.61. The van der Waals surface area contributed by atoms with E-state index in [2.05, 4.69) is 29.2 Å². The van der Waals surface area contributed by atoms with Crippen molar-refractivity contribution in [3.05, 3.63) is 4.77 Å². The third kappa shape index (κ3) is 1.68. The van der Waals surface area contributed by atoms with E-state index in [0.29, 0.717) is 10.7 Å². The Morgan fingerprint density at radius 1 is 1.60 bits per heavy atom. The molecule has 84 valence electrons. The molecule has 1 aromatic rings. The Kier molecular flexibility index (Phi) is 2.56. The number of nitrogen functional groups attached to an aromatic ring is 1. The Morgan fingerprint density at radius 2 is 2.27 bits per heavy atom. The molecule has 0 spiro atoms. The lowest BCUT2D eigenvalue weighted by atomic mass is 9.75. The molecule has 1 aliphatic rings. The van der Waals surface area contributed by atoms with Crippen LogP contribution in [-0.4, -0.2) is 39.3 Å². The molecule has 2 rings (SSSR count). The van der Waals surface area contributed by atoms with Crippen LogP contribution >= 0.6 is 12.2 Å². The summed E-state index contributed by atoms with van der Waals surface area (Å²) < 4.78 is 2.50. The van der Waals surface area contributed by atoms with Gasteiger partial charge in [0.15, 0.2) is 4.77 Å². The van der Waals surface area contributed by atoms with Gasteiger partial charge in [-0.2, -0.15) is 0 Å². The Morgan fingerprint density at radius 3 is 2.60 bits per heavy atom. The predicted octanol–water partition coefficient (Wildman–Crippen LogP) is 1.01. The summed E-state index contributed by atoms with van der Waals surface area (Å²) in [4.78, 5) is 2.27. The van der Waals surface area contributed by atoms with E-state index in [-0.39, 0.29) is 5.54 Å². The highest BCUT2D eigenvalue weighted by molar-refractivity contribution is 7.71. The smallest absolute Gasteiger partial charge is 0.220 e. The third-order valence-electron chi connectivity index (χ3n) is 3.47. The van der Waals surface area contributed by atoms with Crippen LogP contribution in [-0.2, 0) is 6.54 Å². The minimum absolute atomic E-state index is 0.218. The fraction of sp³-hybridized carbons (Fsp3) is 0.778. The van der Waals surface area contributed by atoms with Gasteiger partial charge in [-0.1, -0.05) is 0 Å². The topological polar surface area (TPSA) is 62.9 Å². The molecule has 0 amide bonds. The highest BCUT2D eigenvalue weighted by Gasteiger charge is 2.39. The number of likely N-dealkylation sites (N-methyl/N-ethyl adjacent to an activating group) is 1. The first-order valence-electron chi connectivity index (χ1n) is 5.13. The van der Waals surface area contributed by atoms with Crippen LogP contribution in [0.15, 0.2) is 0 Å². The number of anilines is 1. The molecule has 15 heavy (non-hydrogen) atoms. The van der Waals surface area contributed by atoms with Crippen molar-refractivity contribution in [3.63, 3.8) is 0 Å². The summed E-state index contributed by atoms with van der Waals surface area (Å²) in [6, 6.07) is 0. The highest BCUT2D eigenvalue weighted by atomic mass is 32.1. The van der Waals surface area contributed by atoms with E-state index in [9.17, 15) is 0 Å². The summed E-state index contributed by atoms with van der Waals surface area (Å²) >= 11 is 5.15. The van der Waals surface area contributed by atoms with Crippen molar-refractivity contribution in [2.24, 2.45) is 0 Å². The lowest BCUT2D eigenvalue weighted by Crippen LogP contribution is -2.53. The first kappa shape index (κ1) is 10.6. The lowest BCUT2D eigenvalue weighted by molar-refractivity contribution is 0.0425. The van der Waals surface area contributed by atoms with E-state index in [1.807, 2.05) is 4.57 Å². The molecule has 1 saturated carbocycles. The minimum Gasteiger partial charge on any atom is -0.368 e. The second-order valence-electron chi connectivity index (χ2n) is 4.45. The van der Waals surface area contributed by atoms with Gasteiger partial charge in [-0.15, -0.1) is 5.10 Å². The number of hydrogen-bond donors (Lipinski definition) is 2. The molecule has 0 radical (unpaired) electrons. The fourth-order valence-corrected chi connectivity index (χ4v) is 2.31. The van der Waals surface area contributed by atoms with Crippen molar-refractivity contribution in [3.8, 4) is 0 Å². The number of aromatic nitrogens is 3. The Hall–Kier alpha value is -0.880. The highest BCUT2D eigenvalue weighted by Crippen LogP contribution is 2.37. The molecule has 3 N–H and O–H groups in total. The average molecular weight is 227 g/mol. The molecule has 0 aromatic carbocycles. The Labute approximate surface area is 94.3 Å². The van der Waals surface area contributed by atoms with Gasteiger partial charge in [0.1, 0.15) is 0 Å². The van der Waals surface area contributed by atoms with Gasteiger partial charge in [-0.05, 0) is 45.6 Å². The van der Waals surface area contributed by atoms with Crippen LogP contribution in [0.25, 0.3) is 0 Å². The van der Waals surface area contributed by atoms with Gasteiger partial charge in [0.05, 0.1) is 0 Å². The molecule has 0 bridgehead atoms. The van der Waals surface area contributed by atoms with Gasteiger partial charge >= 0.3 is 0 Å². The molecule has 0 saturated heterocycles. The summed E-state index contributed by atoms with van der Waals surface area (Å²) in [6.45, 7) is 0.834. The standard InChI is InChI=1S/C9H17N5S/c1-13(2)9(4-3-5-9)6-14-7(10)11-12-8(14)15/h3-6H2,1-2H3,(H2,10,11)(H,12,15). The van der Waals surface area contributed by atoms with Crippen LogP contribution in [0.2, 0.25) is 0 Å². The number of aromatic amines is 1. The van der Waals surface area contributed by atoms with Crippen molar-refractivity contribution >= 4 is 18.2 Å². The average Bonchev–Trinajstić information content (AvgIpc) is 2.40. The first-order valence-corrected chi connectivity index (χ1v) is 5.54. The molecular weight excluding hydrogens is 210 g/mol. The van der Waals surface area contributed by atoms with Gasteiger partial charge in [-0.25, -0.2) is 5.10 Å². The SMILES string of the molecule is CN(C)C1(Cn2c(N)n[nH]c2=S)CCC1. The van der Waals surface area contributed by atoms with Gasteiger partial charge in [-0.3, -0.25) is 4.57 Å². The fourth-order valence-electron chi connectivity index (χ4n) is 2.11. The van der Waals surface area contributed by atoms with Crippen LogP contribution in [0.3, 0.4) is 0 Å². The molecule has 1 aliphatic carbocycles. The maximum atomic E-state index is 5.76. The maximum Gasteiger partial charge on any atom is 0.220 e. The normalized spacial score (nSPS) is 19.1. The Bertz CT molecular complexity index is 401. The number of rotatable bonds is 3. The van der Waals surface area contributed by atoms with Crippen LogP contribution in [0, 0.1) is 4.77 Å². The van der Waals surface area contributed by atoms with E-state index in [1.54, 1.807) is 0 Å². The van der Waals surface area contributed by atoms with Gasteiger partial charge in [0.25, 0.3) is 0 Å². The van der Waals surface area contributed by atoms with E-state index >= 15 is 0 Å². The van der Waals surface area contributed by atoms with Crippen molar-refractivity contribution < 1.29 is 0 Å². The molecule has 6 heteroatoms. The van der Waals surface area contributed by atoms with Crippen LogP contribution in [0.4, 0.5) is 5.95 Å². The zero-order valence-electron chi connectivity index (χ0n) is 9.16. The van der Waals surface area contributed by atoms with E-state index in [0.717, 1.165) is 6.54 Å². The summed E-state index contributed by atoms with van der Waals surface area (Å²) in [5, 5.41) is 6.64. The van der Waals surface area contributed by atoms with Gasteiger partial charge in [0.2, 0.25) is 5.95 Å². The molecule has 0 unspecified atom stereocenters. The number of H-pyrrole nitrogens is 1. The summed E-state index contributed by atoms with van der Waals surface area (Å²) in [6.07, 6.45) is 3.68. The zero-order chi connectivity index (χ0) is 11.1. The van der Waals surface area contributed by atoms with Crippen LogP contribution in [0.1, 0.15) is 19.3 Å². The molecule has 0 aliphatic heterocycles. The number of hydrogen-bond acceptors (Lipinski definition) is 4. The lowest BCUT2D eigenvalue weighted by Gasteiger charge is -2.47. The monoisotopic (exact) mass is 227 g/mol. The molecule has 1 heterocycles. The summed E-state index contributed by atoms with van der Waals surface area (Å²) in [5.41, 5.74) is 5.98. The predicted molar refractivity (Wildman–Crippen MR) is 62.1 cm³/mol. The molecule has 0 atom stereocenters. The van der Waals surface area contributed by atoms with Crippen molar-refractivity contribution in [1.29, 1.82) is 0 Å². The molecule has 1 fully saturated rings. The number of nitrogens with two attached hydrogens (primary N) is 1. The van der Waals surface area contributed by atoms with Crippen molar-refractivity contribution in [2.75, 3.05) is 19.8 Å². The second-order valence-corrected chi connectivity index (χ2v) is 4.83. The molecule has 5 nitrogen and oxygen atoms in total. The minimum atomic E-state index is 0.218. The van der Waals surface area contributed by atoms with Crippen molar-refractivity contribution in [1.82, 2.24) is 19.7 Å². The summed E-state index contributed by atoms with van der Waals surface area (Å²) in [5.74, 6) is 0.480. The molecular formula is C9H17N5S. The Balaban J connectivity index is 2.24. The van der Waals surface area contributed by atoms with E-state index in [1.165, 1.54) is 19.3 Å². The third-order valence-corrected chi connectivity index (χ3v) is 3.78. The van der Waals surface area contributed by atoms with Gasteiger partial charge < -0.3 is 10.6 Å². The summed E-state index contributed by atoms with van der Waals surface area (Å²) in [7, 11) is 4.22. The van der Waals surface area contributed by atoms with Crippen molar-refractivity contribution in [2.45, 2.75) is 31.3 Å². The molecule has 1 aromatic heterocycles. The largest absolute Gasteiger partial charge is 0.368 e. The quantitative estimate of drug-likeness (QED) is 0.756.